The van der Waals surface area contributed by atoms with E-state index in [0.29, 0.717) is 0 Å². The Hall–Kier alpha value is -0.520. The Morgan fingerprint density at radius 1 is 1.44 bits per heavy atom. The molecule has 0 unspecified atom stereocenters. The molecule has 1 saturated heterocycles. The highest BCUT2D eigenvalue weighted by Crippen LogP contribution is 2.13. The molecule has 0 amide bonds. The van der Waals surface area contributed by atoms with Crippen LogP contribution in [0.2, 0.25) is 0 Å². The van der Waals surface area contributed by atoms with E-state index in [1.54, 1.807) is 0 Å². The van der Waals surface area contributed by atoms with Crippen LogP contribution in [0.3, 0.4) is 0 Å². The second kappa shape index (κ2) is 7.81. The smallest absolute Gasteiger partial charge is 0.151 e. The van der Waals surface area contributed by atoms with Gasteiger partial charge < -0.3 is 9.84 Å². The maximum absolute atomic E-state index is 5.40. The molecule has 0 radical (unpaired) electrons. The first-order valence-electron chi connectivity index (χ1n) is 6.84. The number of thioether (sulfide) groups is 1. The van der Waals surface area contributed by atoms with Crippen molar-refractivity contribution in [3.05, 3.63) is 17.5 Å². The van der Waals surface area contributed by atoms with Gasteiger partial charge in [-0.2, -0.15) is 11.8 Å². The van der Waals surface area contributed by atoms with Gasteiger partial charge >= 0.3 is 0 Å². The van der Waals surface area contributed by atoms with Gasteiger partial charge in [0.25, 0.3) is 0 Å². The van der Waals surface area contributed by atoms with Crippen molar-refractivity contribution in [3.8, 4) is 0 Å². The van der Waals surface area contributed by atoms with E-state index in [9.17, 15) is 0 Å². The number of aromatic nitrogens is 1. The zero-order valence-corrected chi connectivity index (χ0v) is 12.0. The molecular weight excluding hydrogens is 246 g/mol. The van der Waals surface area contributed by atoms with Crippen LogP contribution in [0.4, 0.5) is 0 Å². The van der Waals surface area contributed by atoms with Gasteiger partial charge in [0.1, 0.15) is 0 Å². The number of hydrogen-bond donors (Lipinski definition) is 1. The molecule has 1 aliphatic rings. The monoisotopic (exact) mass is 269 g/mol. The van der Waals surface area contributed by atoms with Gasteiger partial charge in [0, 0.05) is 24.9 Å². The first kappa shape index (κ1) is 13.9. The Labute approximate surface area is 113 Å². The first-order valence-corrected chi connectivity index (χ1v) is 7.99. The molecule has 4 nitrogen and oxygen atoms in total. The summed E-state index contributed by atoms with van der Waals surface area (Å²) in [5.74, 6) is 3.52. The van der Waals surface area contributed by atoms with Gasteiger partial charge in [-0.15, -0.1) is 0 Å². The predicted octanol–water partition coefficient (Wildman–Crippen LogP) is 2.11. The molecule has 2 rings (SSSR count). The number of hydrogen-bond acceptors (Lipinski definition) is 5. The molecule has 18 heavy (non-hydrogen) atoms. The van der Waals surface area contributed by atoms with Gasteiger partial charge in [-0.1, -0.05) is 12.1 Å². The molecule has 1 aliphatic heterocycles. The van der Waals surface area contributed by atoms with Crippen molar-refractivity contribution < 1.29 is 4.52 Å². The van der Waals surface area contributed by atoms with E-state index in [-0.39, 0.29) is 0 Å². The normalized spacial score (nSPS) is 17.8. The van der Waals surface area contributed by atoms with Crippen molar-refractivity contribution >= 4 is 11.8 Å². The van der Waals surface area contributed by atoms with Crippen LogP contribution >= 0.6 is 11.8 Å². The zero-order valence-electron chi connectivity index (χ0n) is 11.2. The van der Waals surface area contributed by atoms with Crippen molar-refractivity contribution in [3.63, 3.8) is 0 Å². The van der Waals surface area contributed by atoms with Gasteiger partial charge in [0.2, 0.25) is 0 Å². The largest absolute Gasteiger partial charge is 0.360 e. The Morgan fingerprint density at radius 2 is 2.39 bits per heavy atom. The fourth-order valence-corrected chi connectivity index (χ4v) is 3.01. The lowest BCUT2D eigenvalue weighted by atomic mass is 10.3. The molecule has 0 atom stereocenters. The molecule has 1 aromatic heterocycles. The van der Waals surface area contributed by atoms with Crippen LogP contribution in [0.25, 0.3) is 0 Å². The summed E-state index contributed by atoms with van der Waals surface area (Å²) >= 11 is 2.05. The summed E-state index contributed by atoms with van der Waals surface area (Å²) in [6.45, 7) is 7.25. The van der Waals surface area contributed by atoms with Crippen molar-refractivity contribution in [2.24, 2.45) is 0 Å². The summed E-state index contributed by atoms with van der Waals surface area (Å²) < 4.78 is 5.40. The average molecular weight is 269 g/mol. The summed E-state index contributed by atoms with van der Waals surface area (Å²) in [5.41, 5.74) is 1.02. The van der Waals surface area contributed by atoms with E-state index in [0.717, 1.165) is 44.1 Å². The van der Waals surface area contributed by atoms with Gasteiger partial charge in [-0.05, 0) is 31.7 Å². The van der Waals surface area contributed by atoms with Crippen LogP contribution in [-0.4, -0.2) is 41.2 Å². The zero-order chi connectivity index (χ0) is 12.6. The van der Waals surface area contributed by atoms with Crippen LogP contribution in [0, 0.1) is 0 Å². The minimum Gasteiger partial charge on any atom is -0.360 e. The van der Waals surface area contributed by atoms with Crippen molar-refractivity contribution in [1.29, 1.82) is 0 Å². The number of rotatable bonds is 6. The second-order valence-electron chi connectivity index (χ2n) is 4.70. The molecule has 1 aromatic rings. The Balaban J connectivity index is 1.78. The van der Waals surface area contributed by atoms with E-state index in [1.807, 2.05) is 0 Å². The summed E-state index contributed by atoms with van der Waals surface area (Å²) in [6.07, 6.45) is 2.43. The van der Waals surface area contributed by atoms with Crippen LogP contribution in [0.15, 0.2) is 10.6 Å². The van der Waals surface area contributed by atoms with E-state index >= 15 is 0 Å². The van der Waals surface area contributed by atoms with E-state index < -0.39 is 0 Å². The molecule has 2 heterocycles. The van der Waals surface area contributed by atoms with Crippen molar-refractivity contribution in [2.45, 2.75) is 32.9 Å². The fourth-order valence-electron chi connectivity index (χ4n) is 2.08. The highest BCUT2D eigenvalue weighted by molar-refractivity contribution is 7.99. The second-order valence-corrected chi connectivity index (χ2v) is 5.93. The average Bonchev–Trinajstić information content (AvgIpc) is 2.65. The molecule has 0 spiro atoms. The third-order valence-electron chi connectivity index (χ3n) is 3.03. The maximum atomic E-state index is 5.40. The van der Waals surface area contributed by atoms with Crippen molar-refractivity contribution in [1.82, 2.24) is 15.4 Å². The standard InChI is InChI=1S/C13H23N3OS/c1-2-4-14-10-12-9-13(17-15-12)11-16-5-3-7-18-8-6-16/h9,14H,2-8,10-11H2,1H3. The van der Waals surface area contributed by atoms with Gasteiger partial charge in [0.05, 0.1) is 12.2 Å². The third kappa shape index (κ3) is 4.63. The molecular formula is C13H23N3OS. The highest BCUT2D eigenvalue weighted by atomic mass is 32.2. The van der Waals surface area contributed by atoms with Crippen molar-refractivity contribution in [2.75, 3.05) is 31.1 Å². The lowest BCUT2D eigenvalue weighted by Crippen LogP contribution is -2.25. The minimum absolute atomic E-state index is 0.813. The van der Waals surface area contributed by atoms with Gasteiger partial charge in [-0.3, -0.25) is 4.90 Å². The maximum Gasteiger partial charge on any atom is 0.151 e. The third-order valence-corrected chi connectivity index (χ3v) is 4.08. The summed E-state index contributed by atoms with van der Waals surface area (Å²) in [7, 11) is 0. The van der Waals surface area contributed by atoms with Crippen LogP contribution in [-0.2, 0) is 13.1 Å². The number of nitrogens with one attached hydrogen (secondary N) is 1. The molecule has 1 fully saturated rings. The molecule has 0 aliphatic carbocycles. The van der Waals surface area contributed by atoms with E-state index in [1.165, 1.54) is 24.5 Å². The van der Waals surface area contributed by atoms with Gasteiger partial charge in [-0.25, -0.2) is 0 Å². The molecule has 102 valence electrons. The quantitative estimate of drug-likeness (QED) is 0.801. The highest BCUT2D eigenvalue weighted by Gasteiger charge is 2.12. The lowest BCUT2D eigenvalue weighted by molar-refractivity contribution is 0.245. The summed E-state index contributed by atoms with van der Waals surface area (Å²) in [4.78, 5) is 2.46. The first-order chi connectivity index (χ1) is 8.88. The number of nitrogens with zero attached hydrogens (tertiary/aromatic N) is 2. The summed E-state index contributed by atoms with van der Waals surface area (Å²) in [6, 6.07) is 2.08. The Bertz CT molecular complexity index is 335. The predicted molar refractivity (Wildman–Crippen MR) is 75.7 cm³/mol. The fraction of sp³-hybridized carbons (Fsp3) is 0.769. The lowest BCUT2D eigenvalue weighted by Gasteiger charge is -2.16. The molecule has 5 heteroatoms. The van der Waals surface area contributed by atoms with Crippen LogP contribution in [0.1, 0.15) is 31.2 Å². The Morgan fingerprint density at radius 3 is 3.28 bits per heavy atom. The topological polar surface area (TPSA) is 41.3 Å². The molecule has 1 N–H and O–H groups in total. The van der Waals surface area contributed by atoms with E-state index in [2.05, 4.69) is 40.1 Å². The SMILES string of the molecule is CCCNCc1cc(CN2CCCSCC2)on1. The Kier molecular flexibility index (Phi) is 6.04. The molecule has 0 bridgehead atoms. The molecule has 0 saturated carbocycles. The van der Waals surface area contributed by atoms with Gasteiger partial charge in [0.15, 0.2) is 5.76 Å². The van der Waals surface area contributed by atoms with E-state index in [4.69, 9.17) is 4.52 Å². The molecule has 0 aromatic carbocycles. The van der Waals surface area contributed by atoms with Crippen LogP contribution < -0.4 is 5.32 Å². The minimum atomic E-state index is 0.813. The van der Waals surface area contributed by atoms with Crippen LogP contribution in [0.5, 0.6) is 0 Å². The summed E-state index contributed by atoms with van der Waals surface area (Å²) in [5, 5.41) is 7.45.